The number of nitrogens with zero attached hydrogens (tertiary/aromatic N) is 3. The van der Waals surface area contributed by atoms with Crippen LogP contribution in [0.1, 0.15) is 36.9 Å². The molecule has 0 bridgehead atoms. The van der Waals surface area contributed by atoms with Gasteiger partial charge in [-0.3, -0.25) is 9.48 Å². The quantitative estimate of drug-likeness (QED) is 0.646. The number of nitrogens with one attached hydrogen (secondary N) is 1. The van der Waals surface area contributed by atoms with Crippen LogP contribution in [0.3, 0.4) is 0 Å². The Morgan fingerprint density at radius 1 is 1.48 bits per heavy atom. The summed E-state index contributed by atoms with van der Waals surface area (Å²) in [5.41, 5.74) is 0.526. The molecule has 0 saturated carbocycles. The van der Waals surface area contributed by atoms with Crippen molar-refractivity contribution in [1.29, 1.82) is 5.26 Å². The number of aryl methyl sites for hydroxylation is 1. The number of carbonyl (C=O) groups is 1. The Morgan fingerprint density at radius 2 is 2.24 bits per heavy atom. The molecule has 1 unspecified atom stereocenters. The van der Waals surface area contributed by atoms with Gasteiger partial charge >= 0.3 is 0 Å². The van der Waals surface area contributed by atoms with Gasteiger partial charge in [0.05, 0.1) is 12.2 Å². The zero-order valence-corrected chi connectivity index (χ0v) is 14.0. The van der Waals surface area contributed by atoms with Crippen LogP contribution < -0.4 is 5.32 Å². The Kier molecular flexibility index (Phi) is 6.01. The molecule has 25 heavy (non-hydrogen) atoms. The largest absolute Gasteiger partial charge is 0.345 e. The molecule has 0 aliphatic rings. The third-order valence-corrected chi connectivity index (χ3v) is 3.62. The van der Waals surface area contributed by atoms with Crippen LogP contribution in [0.4, 0.5) is 8.78 Å². The van der Waals surface area contributed by atoms with E-state index < -0.39 is 23.6 Å². The van der Waals surface area contributed by atoms with E-state index in [1.807, 2.05) is 13.0 Å². The van der Waals surface area contributed by atoms with Crippen molar-refractivity contribution in [3.63, 3.8) is 0 Å². The Hall–Kier alpha value is -3.01. The molecule has 1 amide bonds. The Balaban J connectivity index is 2.26. The van der Waals surface area contributed by atoms with Gasteiger partial charge in [0.15, 0.2) is 0 Å². The van der Waals surface area contributed by atoms with Crippen LogP contribution in [0.5, 0.6) is 0 Å². The lowest BCUT2D eigenvalue weighted by atomic mass is 10.0. The van der Waals surface area contributed by atoms with Crippen LogP contribution in [-0.2, 0) is 11.8 Å². The molecular weight excluding hydrogens is 326 g/mol. The third kappa shape index (κ3) is 4.73. The van der Waals surface area contributed by atoms with E-state index in [-0.39, 0.29) is 11.1 Å². The maximum atomic E-state index is 14.0. The van der Waals surface area contributed by atoms with Crippen molar-refractivity contribution in [1.82, 2.24) is 15.1 Å². The fourth-order valence-electron chi connectivity index (χ4n) is 2.44. The maximum absolute atomic E-state index is 14.0. The lowest BCUT2D eigenvalue weighted by molar-refractivity contribution is -0.117. The highest BCUT2D eigenvalue weighted by Crippen LogP contribution is 2.23. The molecule has 7 heteroatoms. The van der Waals surface area contributed by atoms with Gasteiger partial charge in [-0.25, -0.2) is 8.78 Å². The maximum Gasteiger partial charge on any atom is 0.262 e. The van der Waals surface area contributed by atoms with Crippen LogP contribution in [0.15, 0.2) is 36.2 Å². The van der Waals surface area contributed by atoms with Gasteiger partial charge in [-0.2, -0.15) is 10.4 Å². The molecule has 1 N–H and O–H groups in total. The summed E-state index contributed by atoms with van der Waals surface area (Å²) in [5.74, 6) is -1.83. The van der Waals surface area contributed by atoms with Crippen LogP contribution in [0.25, 0.3) is 6.08 Å². The second kappa shape index (κ2) is 8.20. The molecule has 1 aromatic heterocycles. The second-order valence-electron chi connectivity index (χ2n) is 5.60. The minimum Gasteiger partial charge on any atom is -0.345 e. The number of halogens is 2. The zero-order chi connectivity index (χ0) is 18.4. The topological polar surface area (TPSA) is 70.7 Å². The predicted octanol–water partition coefficient (Wildman–Crippen LogP) is 3.26. The summed E-state index contributed by atoms with van der Waals surface area (Å²) in [6.07, 6.45) is 5.63. The van der Waals surface area contributed by atoms with Gasteiger partial charge in [0.25, 0.3) is 5.91 Å². The zero-order valence-electron chi connectivity index (χ0n) is 14.0. The first-order chi connectivity index (χ1) is 11.9. The molecule has 0 radical (unpaired) electrons. The number of rotatable bonds is 6. The van der Waals surface area contributed by atoms with Crippen LogP contribution >= 0.6 is 0 Å². The average Bonchev–Trinajstić information content (AvgIpc) is 2.99. The molecule has 0 saturated heterocycles. The van der Waals surface area contributed by atoms with E-state index in [1.165, 1.54) is 12.3 Å². The van der Waals surface area contributed by atoms with E-state index in [2.05, 4.69) is 10.4 Å². The average molecular weight is 344 g/mol. The minimum atomic E-state index is -0.723. The number of nitriles is 1. The molecular formula is C18H18F2N4O. The van der Waals surface area contributed by atoms with Crippen LogP contribution in [0, 0.1) is 23.0 Å². The van der Waals surface area contributed by atoms with Crippen LogP contribution in [0.2, 0.25) is 0 Å². The molecule has 1 atom stereocenters. The van der Waals surface area contributed by atoms with E-state index >= 15 is 0 Å². The highest BCUT2D eigenvalue weighted by molar-refractivity contribution is 6.01. The normalized spacial score (nSPS) is 12.5. The molecule has 130 valence electrons. The van der Waals surface area contributed by atoms with Gasteiger partial charge in [-0.1, -0.05) is 13.3 Å². The van der Waals surface area contributed by atoms with Crippen molar-refractivity contribution < 1.29 is 13.6 Å². The van der Waals surface area contributed by atoms with Crippen LogP contribution in [-0.4, -0.2) is 15.7 Å². The number of carbonyl (C=O) groups excluding carboxylic acids is 1. The second-order valence-corrected chi connectivity index (χ2v) is 5.60. The Labute approximate surface area is 144 Å². The minimum absolute atomic E-state index is 0.0638. The van der Waals surface area contributed by atoms with E-state index in [9.17, 15) is 18.8 Å². The number of amides is 1. The molecule has 0 aliphatic carbocycles. The molecule has 2 aromatic rings. The number of aromatic nitrogens is 2. The van der Waals surface area contributed by atoms with Crippen molar-refractivity contribution in [2.75, 3.05) is 0 Å². The summed E-state index contributed by atoms with van der Waals surface area (Å²) in [6.45, 7) is 1.87. The van der Waals surface area contributed by atoms with E-state index in [1.54, 1.807) is 17.9 Å². The monoisotopic (exact) mass is 344 g/mol. The molecule has 2 rings (SSSR count). The smallest absolute Gasteiger partial charge is 0.262 e. The highest BCUT2D eigenvalue weighted by atomic mass is 19.1. The molecule has 0 spiro atoms. The fourth-order valence-corrected chi connectivity index (χ4v) is 2.44. The predicted molar refractivity (Wildman–Crippen MR) is 88.9 cm³/mol. The molecule has 1 aromatic carbocycles. The van der Waals surface area contributed by atoms with Gasteiger partial charge in [0, 0.05) is 24.4 Å². The fraction of sp³-hybridized carbons (Fsp3) is 0.278. The lowest BCUT2D eigenvalue weighted by Crippen LogP contribution is -2.30. The van der Waals surface area contributed by atoms with E-state index in [0.717, 1.165) is 18.2 Å². The SMILES string of the molecule is CCCC(NC(=O)/C(C#N)=C/c1cnn(C)c1)c1cc(F)ccc1F. The van der Waals surface area contributed by atoms with Gasteiger partial charge in [-0.05, 0) is 30.7 Å². The summed E-state index contributed by atoms with van der Waals surface area (Å²) in [5, 5.41) is 15.8. The first-order valence-corrected chi connectivity index (χ1v) is 7.80. The number of hydrogen-bond acceptors (Lipinski definition) is 3. The van der Waals surface area contributed by atoms with E-state index in [0.29, 0.717) is 18.4 Å². The van der Waals surface area contributed by atoms with Crippen molar-refractivity contribution in [3.8, 4) is 6.07 Å². The van der Waals surface area contributed by atoms with Crippen molar-refractivity contribution in [2.24, 2.45) is 7.05 Å². The number of hydrogen-bond donors (Lipinski definition) is 1. The van der Waals surface area contributed by atoms with E-state index in [4.69, 9.17) is 0 Å². The van der Waals surface area contributed by atoms with Crippen molar-refractivity contribution in [2.45, 2.75) is 25.8 Å². The first-order valence-electron chi connectivity index (χ1n) is 7.80. The van der Waals surface area contributed by atoms with Crippen molar-refractivity contribution >= 4 is 12.0 Å². The Bertz CT molecular complexity index is 836. The summed E-state index contributed by atoms with van der Waals surface area (Å²) < 4.78 is 29.0. The molecule has 1 heterocycles. The van der Waals surface area contributed by atoms with Crippen molar-refractivity contribution in [3.05, 3.63) is 58.9 Å². The lowest BCUT2D eigenvalue weighted by Gasteiger charge is -2.19. The van der Waals surface area contributed by atoms with Gasteiger partial charge in [0.1, 0.15) is 23.3 Å². The highest BCUT2D eigenvalue weighted by Gasteiger charge is 2.20. The standard InChI is InChI=1S/C18H18F2N4O/c1-3-4-17(15-8-14(19)5-6-16(15)20)23-18(25)13(9-21)7-12-10-22-24(2)11-12/h5-8,10-11,17H,3-4H2,1-2H3,(H,23,25)/b13-7+. The third-order valence-electron chi connectivity index (χ3n) is 3.62. The summed E-state index contributed by atoms with van der Waals surface area (Å²) in [6, 6.07) is 4.21. The molecule has 0 aliphatic heterocycles. The van der Waals surface area contributed by atoms with Gasteiger partial charge < -0.3 is 5.32 Å². The molecule has 0 fully saturated rings. The number of benzene rings is 1. The summed E-state index contributed by atoms with van der Waals surface area (Å²) >= 11 is 0. The first kappa shape index (κ1) is 18.3. The summed E-state index contributed by atoms with van der Waals surface area (Å²) in [4.78, 5) is 12.4. The summed E-state index contributed by atoms with van der Waals surface area (Å²) in [7, 11) is 1.72. The van der Waals surface area contributed by atoms with Gasteiger partial charge in [0.2, 0.25) is 0 Å². The van der Waals surface area contributed by atoms with Gasteiger partial charge in [-0.15, -0.1) is 0 Å². The Morgan fingerprint density at radius 3 is 2.84 bits per heavy atom. The molecule has 5 nitrogen and oxygen atoms in total.